The van der Waals surface area contributed by atoms with Gasteiger partial charge in [-0.2, -0.15) is 0 Å². The van der Waals surface area contributed by atoms with E-state index in [1.807, 2.05) is 43.5 Å². The molecule has 0 bridgehead atoms. The Bertz CT molecular complexity index is 605. The van der Waals surface area contributed by atoms with Gasteiger partial charge in [0.05, 0.1) is 6.54 Å². The third kappa shape index (κ3) is 3.07. The van der Waals surface area contributed by atoms with Gasteiger partial charge in [0.15, 0.2) is 0 Å². The Kier molecular flexibility index (Phi) is 3.84. The second kappa shape index (κ2) is 5.19. The number of halogens is 2. The molecule has 0 spiro atoms. The van der Waals surface area contributed by atoms with E-state index in [2.05, 4.69) is 31.9 Å². The minimum Gasteiger partial charge on any atom is -0.310 e. The summed E-state index contributed by atoms with van der Waals surface area (Å²) < 4.78 is 3.65. The van der Waals surface area contributed by atoms with Crippen molar-refractivity contribution in [3.63, 3.8) is 0 Å². The lowest BCUT2D eigenvalue weighted by molar-refractivity contribution is 0.749. The maximum atomic E-state index is 11.9. The minimum absolute atomic E-state index is 0.0492. The highest BCUT2D eigenvalue weighted by atomic mass is 79.9. The van der Waals surface area contributed by atoms with E-state index in [-0.39, 0.29) is 5.56 Å². The average molecular weight is 357 g/mol. The number of aromatic nitrogens is 1. The number of benzene rings is 1. The van der Waals surface area contributed by atoms with Crippen molar-refractivity contribution in [1.29, 1.82) is 0 Å². The van der Waals surface area contributed by atoms with Crippen LogP contribution in [-0.2, 0) is 6.54 Å². The zero-order valence-corrected chi connectivity index (χ0v) is 12.5. The molecule has 0 saturated heterocycles. The number of hydrogen-bond acceptors (Lipinski definition) is 1. The molecule has 1 aromatic heterocycles. The molecule has 0 aliphatic rings. The highest BCUT2D eigenvalue weighted by molar-refractivity contribution is 9.10. The Morgan fingerprint density at radius 3 is 2.65 bits per heavy atom. The van der Waals surface area contributed by atoms with Crippen molar-refractivity contribution in [2.45, 2.75) is 13.5 Å². The molecule has 17 heavy (non-hydrogen) atoms. The van der Waals surface area contributed by atoms with Gasteiger partial charge < -0.3 is 4.57 Å². The Balaban J connectivity index is 2.40. The van der Waals surface area contributed by atoms with Crippen LogP contribution in [0.15, 0.2) is 50.3 Å². The SMILES string of the molecule is Cc1cc(Br)cn(Cc2cccc(Br)c2)c1=O. The summed E-state index contributed by atoms with van der Waals surface area (Å²) in [6.45, 7) is 2.41. The summed E-state index contributed by atoms with van der Waals surface area (Å²) in [4.78, 5) is 11.9. The molecule has 0 atom stereocenters. The van der Waals surface area contributed by atoms with Gasteiger partial charge >= 0.3 is 0 Å². The third-order valence-electron chi connectivity index (χ3n) is 2.47. The van der Waals surface area contributed by atoms with Crippen LogP contribution in [0.5, 0.6) is 0 Å². The topological polar surface area (TPSA) is 22.0 Å². The van der Waals surface area contributed by atoms with E-state index in [1.54, 1.807) is 4.57 Å². The van der Waals surface area contributed by atoms with Gasteiger partial charge in [-0.15, -0.1) is 0 Å². The first kappa shape index (κ1) is 12.6. The molecule has 2 rings (SSSR count). The number of pyridine rings is 1. The molecule has 0 N–H and O–H groups in total. The van der Waals surface area contributed by atoms with Crippen molar-refractivity contribution in [3.05, 3.63) is 67.0 Å². The zero-order valence-electron chi connectivity index (χ0n) is 9.28. The molecule has 0 aliphatic heterocycles. The predicted molar refractivity (Wildman–Crippen MR) is 76.4 cm³/mol. The van der Waals surface area contributed by atoms with Crippen LogP contribution in [0, 0.1) is 6.92 Å². The molecule has 88 valence electrons. The molecular formula is C13H11Br2NO. The van der Waals surface area contributed by atoms with Crippen LogP contribution in [0.1, 0.15) is 11.1 Å². The Morgan fingerprint density at radius 1 is 1.18 bits per heavy atom. The largest absolute Gasteiger partial charge is 0.310 e. The Hall–Kier alpha value is -0.870. The first-order valence-corrected chi connectivity index (χ1v) is 6.76. The quantitative estimate of drug-likeness (QED) is 0.803. The van der Waals surface area contributed by atoms with Gasteiger partial charge in [-0.3, -0.25) is 4.79 Å². The molecule has 0 radical (unpaired) electrons. The highest BCUT2D eigenvalue weighted by Crippen LogP contribution is 2.13. The van der Waals surface area contributed by atoms with Crippen LogP contribution in [0.2, 0.25) is 0 Å². The number of nitrogens with zero attached hydrogens (tertiary/aromatic N) is 1. The molecule has 1 heterocycles. The van der Waals surface area contributed by atoms with Gasteiger partial charge in [0.25, 0.3) is 5.56 Å². The number of aryl methyl sites for hydroxylation is 1. The minimum atomic E-state index is 0.0492. The van der Waals surface area contributed by atoms with E-state index in [1.165, 1.54) is 0 Å². The highest BCUT2D eigenvalue weighted by Gasteiger charge is 2.03. The lowest BCUT2D eigenvalue weighted by atomic mass is 10.2. The summed E-state index contributed by atoms with van der Waals surface area (Å²) in [5.74, 6) is 0. The van der Waals surface area contributed by atoms with Gasteiger partial charge in [-0.25, -0.2) is 0 Å². The molecule has 2 aromatic rings. The Labute approximate surface area is 117 Å². The van der Waals surface area contributed by atoms with Crippen LogP contribution in [-0.4, -0.2) is 4.57 Å². The second-order valence-electron chi connectivity index (χ2n) is 3.90. The van der Waals surface area contributed by atoms with Crippen molar-refractivity contribution in [2.75, 3.05) is 0 Å². The van der Waals surface area contributed by atoms with E-state index >= 15 is 0 Å². The van der Waals surface area contributed by atoms with Crippen molar-refractivity contribution >= 4 is 31.9 Å². The van der Waals surface area contributed by atoms with Gasteiger partial charge in [0, 0.05) is 20.7 Å². The normalized spacial score (nSPS) is 10.5. The van der Waals surface area contributed by atoms with Crippen LogP contribution in [0.3, 0.4) is 0 Å². The summed E-state index contributed by atoms with van der Waals surface area (Å²) in [5.41, 5.74) is 1.89. The molecule has 2 nitrogen and oxygen atoms in total. The van der Waals surface area contributed by atoms with Crippen molar-refractivity contribution in [1.82, 2.24) is 4.57 Å². The summed E-state index contributed by atoms with van der Waals surface area (Å²) in [6.07, 6.45) is 1.82. The van der Waals surface area contributed by atoms with E-state index < -0.39 is 0 Å². The van der Waals surface area contributed by atoms with Crippen LogP contribution < -0.4 is 5.56 Å². The summed E-state index contributed by atoms with van der Waals surface area (Å²) in [5, 5.41) is 0. The van der Waals surface area contributed by atoms with Crippen LogP contribution >= 0.6 is 31.9 Å². The molecule has 0 fully saturated rings. The van der Waals surface area contributed by atoms with Crippen LogP contribution in [0.4, 0.5) is 0 Å². The van der Waals surface area contributed by atoms with E-state index in [9.17, 15) is 4.79 Å². The van der Waals surface area contributed by atoms with Gasteiger partial charge in [-0.1, -0.05) is 28.1 Å². The average Bonchev–Trinajstić information content (AvgIpc) is 2.25. The molecule has 1 aromatic carbocycles. The fourth-order valence-electron chi connectivity index (χ4n) is 1.69. The molecular weight excluding hydrogens is 346 g/mol. The van der Waals surface area contributed by atoms with E-state index in [0.717, 1.165) is 20.1 Å². The monoisotopic (exact) mass is 355 g/mol. The predicted octanol–water partition coefficient (Wildman–Crippen LogP) is 3.73. The molecule has 0 saturated carbocycles. The molecule has 0 unspecified atom stereocenters. The molecule has 0 amide bonds. The summed E-state index contributed by atoms with van der Waals surface area (Å²) in [7, 11) is 0. The van der Waals surface area contributed by atoms with Crippen molar-refractivity contribution in [2.24, 2.45) is 0 Å². The van der Waals surface area contributed by atoms with E-state index in [4.69, 9.17) is 0 Å². The fourth-order valence-corrected chi connectivity index (χ4v) is 2.73. The van der Waals surface area contributed by atoms with Crippen molar-refractivity contribution in [3.8, 4) is 0 Å². The second-order valence-corrected chi connectivity index (χ2v) is 5.74. The summed E-state index contributed by atoms with van der Waals surface area (Å²) >= 11 is 6.83. The molecule has 0 aliphatic carbocycles. The zero-order chi connectivity index (χ0) is 12.4. The Morgan fingerprint density at radius 2 is 1.94 bits per heavy atom. The lowest BCUT2D eigenvalue weighted by Gasteiger charge is -2.08. The lowest BCUT2D eigenvalue weighted by Crippen LogP contribution is -2.22. The smallest absolute Gasteiger partial charge is 0.253 e. The first-order chi connectivity index (χ1) is 8.06. The summed E-state index contributed by atoms with van der Waals surface area (Å²) in [6, 6.07) is 9.80. The third-order valence-corrected chi connectivity index (χ3v) is 3.40. The number of hydrogen-bond donors (Lipinski definition) is 0. The maximum absolute atomic E-state index is 11.9. The standard InChI is InChI=1S/C13H11Br2NO/c1-9-5-12(15)8-16(13(9)17)7-10-3-2-4-11(14)6-10/h2-6,8H,7H2,1H3. The molecule has 4 heteroatoms. The van der Waals surface area contributed by atoms with Crippen LogP contribution in [0.25, 0.3) is 0 Å². The maximum Gasteiger partial charge on any atom is 0.253 e. The number of rotatable bonds is 2. The van der Waals surface area contributed by atoms with Gasteiger partial charge in [0.1, 0.15) is 0 Å². The van der Waals surface area contributed by atoms with Gasteiger partial charge in [-0.05, 0) is 46.6 Å². The first-order valence-electron chi connectivity index (χ1n) is 5.17. The van der Waals surface area contributed by atoms with E-state index in [0.29, 0.717) is 6.54 Å². The fraction of sp³-hybridized carbons (Fsp3) is 0.154. The van der Waals surface area contributed by atoms with Crippen molar-refractivity contribution < 1.29 is 0 Å². The van der Waals surface area contributed by atoms with Gasteiger partial charge in [0.2, 0.25) is 0 Å².